The highest BCUT2D eigenvalue weighted by Gasteiger charge is 2.44. The summed E-state index contributed by atoms with van der Waals surface area (Å²) in [7, 11) is 3.10. The number of rotatable bonds is 6. The Labute approximate surface area is 195 Å². The quantitative estimate of drug-likeness (QED) is 0.646. The summed E-state index contributed by atoms with van der Waals surface area (Å²) >= 11 is 1.17. The van der Waals surface area contributed by atoms with Gasteiger partial charge in [-0.05, 0) is 36.4 Å². The van der Waals surface area contributed by atoms with Crippen LogP contribution >= 0.6 is 11.8 Å². The Hall–Kier alpha value is -3.90. The van der Waals surface area contributed by atoms with Gasteiger partial charge in [-0.25, -0.2) is 9.79 Å². The van der Waals surface area contributed by atoms with Crippen molar-refractivity contribution in [3.05, 3.63) is 76.0 Å². The van der Waals surface area contributed by atoms with E-state index < -0.39 is 12.0 Å². The van der Waals surface area contributed by atoms with Crippen molar-refractivity contribution in [2.24, 2.45) is 10.7 Å². The number of benzene rings is 2. The zero-order valence-electron chi connectivity index (χ0n) is 18.4. The highest BCUT2D eigenvalue weighted by atomic mass is 32.2. The van der Waals surface area contributed by atoms with Crippen molar-refractivity contribution in [1.29, 1.82) is 5.26 Å². The standard InChI is InChI=1S/C24H22N4O4S/c1-4-32-23(29)19-20(14-8-6-5-7-9-14)27-24-28(22(26)18(13-25)33-24)21(19)15-10-11-16(30-2)17(12-15)31-3/h5-12,21H,4,26H2,1-3H3/t21-/m1/s1. The van der Waals surface area contributed by atoms with Crippen LogP contribution in [0.1, 0.15) is 24.1 Å². The third kappa shape index (κ3) is 3.90. The van der Waals surface area contributed by atoms with Crippen LogP contribution in [0.4, 0.5) is 0 Å². The summed E-state index contributed by atoms with van der Waals surface area (Å²) in [5, 5.41) is 10.1. The van der Waals surface area contributed by atoms with Gasteiger partial charge in [0.2, 0.25) is 0 Å². The lowest BCUT2D eigenvalue weighted by Crippen LogP contribution is -2.38. The Kier molecular flexibility index (Phi) is 6.29. The Morgan fingerprint density at radius 1 is 1.18 bits per heavy atom. The number of hydrogen-bond donors (Lipinski definition) is 1. The van der Waals surface area contributed by atoms with E-state index in [1.165, 1.54) is 11.8 Å². The fourth-order valence-corrected chi connectivity index (χ4v) is 4.67. The van der Waals surface area contributed by atoms with Crippen LogP contribution in [-0.2, 0) is 9.53 Å². The van der Waals surface area contributed by atoms with Gasteiger partial charge < -0.3 is 19.9 Å². The van der Waals surface area contributed by atoms with E-state index in [0.29, 0.717) is 38.4 Å². The summed E-state index contributed by atoms with van der Waals surface area (Å²) in [5.41, 5.74) is 8.62. The van der Waals surface area contributed by atoms with Crippen molar-refractivity contribution in [2.45, 2.75) is 13.0 Å². The van der Waals surface area contributed by atoms with Gasteiger partial charge in [-0.1, -0.05) is 36.4 Å². The van der Waals surface area contributed by atoms with Crippen LogP contribution in [-0.4, -0.2) is 36.9 Å². The van der Waals surface area contributed by atoms with E-state index in [9.17, 15) is 10.1 Å². The molecule has 33 heavy (non-hydrogen) atoms. The lowest BCUT2D eigenvalue weighted by atomic mass is 9.91. The number of nitrogens with two attached hydrogens (primary N) is 1. The monoisotopic (exact) mass is 462 g/mol. The normalized spacial score (nSPS) is 17.3. The summed E-state index contributed by atoms with van der Waals surface area (Å²) < 4.78 is 16.3. The first kappa shape index (κ1) is 22.3. The third-order valence-electron chi connectivity index (χ3n) is 5.25. The number of aliphatic imine (C=N–C) groups is 1. The van der Waals surface area contributed by atoms with Gasteiger partial charge in [-0.3, -0.25) is 4.90 Å². The number of hydrogen-bond acceptors (Lipinski definition) is 9. The van der Waals surface area contributed by atoms with E-state index in [1.807, 2.05) is 36.4 Å². The Morgan fingerprint density at radius 2 is 1.91 bits per heavy atom. The van der Waals surface area contributed by atoms with Crippen LogP contribution in [0.25, 0.3) is 5.70 Å². The molecule has 0 saturated carbocycles. The molecule has 0 bridgehead atoms. The molecule has 1 atom stereocenters. The predicted molar refractivity (Wildman–Crippen MR) is 126 cm³/mol. The molecular weight excluding hydrogens is 440 g/mol. The predicted octanol–water partition coefficient (Wildman–Crippen LogP) is 3.79. The molecule has 0 spiro atoms. The molecule has 0 aromatic heterocycles. The molecule has 0 radical (unpaired) electrons. The van der Waals surface area contributed by atoms with Gasteiger partial charge in [0, 0.05) is 5.56 Å². The van der Waals surface area contributed by atoms with E-state index in [-0.39, 0.29) is 12.4 Å². The Balaban J connectivity index is 2.01. The van der Waals surface area contributed by atoms with E-state index in [4.69, 9.17) is 24.9 Å². The zero-order chi connectivity index (χ0) is 23.5. The maximum Gasteiger partial charge on any atom is 0.338 e. The fraction of sp³-hybridized carbons (Fsp3) is 0.208. The molecule has 2 heterocycles. The summed E-state index contributed by atoms with van der Waals surface area (Å²) in [6.45, 7) is 1.94. The molecule has 2 aliphatic heterocycles. The molecule has 2 N–H and O–H groups in total. The highest BCUT2D eigenvalue weighted by molar-refractivity contribution is 8.17. The van der Waals surface area contributed by atoms with Crippen LogP contribution in [0.5, 0.6) is 11.5 Å². The first-order valence-electron chi connectivity index (χ1n) is 10.2. The number of nitriles is 1. The van der Waals surface area contributed by atoms with Crippen LogP contribution in [0.3, 0.4) is 0 Å². The van der Waals surface area contributed by atoms with Gasteiger partial charge in [0.05, 0.1) is 38.1 Å². The average Bonchev–Trinajstić information content (AvgIpc) is 3.18. The second kappa shape index (κ2) is 9.30. The highest BCUT2D eigenvalue weighted by Crippen LogP contribution is 2.48. The molecular formula is C24H22N4O4S. The minimum Gasteiger partial charge on any atom is -0.493 e. The Bertz CT molecular complexity index is 1230. The van der Waals surface area contributed by atoms with Gasteiger partial charge in [0.1, 0.15) is 16.8 Å². The van der Waals surface area contributed by atoms with E-state index in [1.54, 1.807) is 38.2 Å². The fourth-order valence-electron chi connectivity index (χ4n) is 3.80. The van der Waals surface area contributed by atoms with E-state index in [0.717, 1.165) is 5.56 Å². The smallest absolute Gasteiger partial charge is 0.338 e. The Morgan fingerprint density at radius 3 is 2.55 bits per heavy atom. The topological polar surface area (TPSA) is 110 Å². The van der Waals surface area contributed by atoms with Crippen LogP contribution in [0.2, 0.25) is 0 Å². The van der Waals surface area contributed by atoms with Gasteiger partial charge in [-0.2, -0.15) is 5.26 Å². The summed E-state index contributed by atoms with van der Waals surface area (Å²) in [6.07, 6.45) is 0. The van der Waals surface area contributed by atoms with Gasteiger partial charge in [0.15, 0.2) is 16.7 Å². The van der Waals surface area contributed by atoms with Crippen LogP contribution in [0.15, 0.2) is 69.8 Å². The van der Waals surface area contributed by atoms with E-state index >= 15 is 0 Å². The first-order valence-corrected chi connectivity index (χ1v) is 11.0. The number of esters is 1. The lowest BCUT2D eigenvalue weighted by Gasteiger charge is -2.35. The second-order valence-electron chi connectivity index (χ2n) is 7.06. The number of allylic oxidation sites excluding steroid dienone is 1. The first-order chi connectivity index (χ1) is 16.0. The molecule has 0 saturated heterocycles. The van der Waals surface area contributed by atoms with Crippen molar-refractivity contribution in [2.75, 3.05) is 20.8 Å². The summed E-state index contributed by atoms with van der Waals surface area (Å²) in [6, 6.07) is 16.2. The summed E-state index contributed by atoms with van der Waals surface area (Å²) in [5.74, 6) is 0.767. The number of amidine groups is 1. The van der Waals surface area contributed by atoms with Crippen molar-refractivity contribution in [3.8, 4) is 17.6 Å². The maximum absolute atomic E-state index is 13.3. The number of ether oxygens (including phenoxy) is 3. The van der Waals surface area contributed by atoms with Crippen molar-refractivity contribution >= 4 is 28.6 Å². The van der Waals surface area contributed by atoms with Gasteiger partial charge in [-0.15, -0.1) is 0 Å². The van der Waals surface area contributed by atoms with Crippen molar-refractivity contribution < 1.29 is 19.0 Å². The number of methoxy groups -OCH3 is 2. The molecule has 168 valence electrons. The van der Waals surface area contributed by atoms with Crippen molar-refractivity contribution in [3.63, 3.8) is 0 Å². The van der Waals surface area contributed by atoms with Gasteiger partial charge in [0.25, 0.3) is 0 Å². The average molecular weight is 463 g/mol. The second-order valence-corrected chi connectivity index (χ2v) is 8.04. The number of carbonyl (C=O) groups is 1. The molecule has 2 aliphatic rings. The number of fused-ring (bicyclic) bond motifs is 1. The van der Waals surface area contributed by atoms with Crippen LogP contribution in [0, 0.1) is 11.3 Å². The molecule has 0 aliphatic carbocycles. The minimum absolute atomic E-state index is 0.198. The molecule has 0 fully saturated rings. The maximum atomic E-state index is 13.3. The molecule has 4 rings (SSSR count). The number of thioether (sulfide) groups is 1. The largest absolute Gasteiger partial charge is 0.493 e. The third-order valence-corrected chi connectivity index (χ3v) is 6.23. The molecule has 0 amide bonds. The minimum atomic E-state index is -0.690. The molecule has 2 aromatic rings. The van der Waals surface area contributed by atoms with Crippen LogP contribution < -0.4 is 15.2 Å². The number of nitrogens with zero attached hydrogens (tertiary/aromatic N) is 3. The molecule has 9 heteroatoms. The summed E-state index contributed by atoms with van der Waals surface area (Å²) in [4.78, 5) is 20.1. The molecule has 8 nitrogen and oxygen atoms in total. The SMILES string of the molecule is CCOC(=O)C1=C(c2ccccc2)N=C2SC(C#N)=C(N)N2[C@@H]1c1ccc(OC)c(OC)c1. The van der Waals surface area contributed by atoms with E-state index in [2.05, 4.69) is 6.07 Å². The van der Waals surface area contributed by atoms with Gasteiger partial charge >= 0.3 is 5.97 Å². The molecule has 0 unspecified atom stereocenters. The molecule has 2 aromatic carbocycles. The number of carbonyl (C=O) groups excluding carboxylic acids is 1. The van der Waals surface area contributed by atoms with Crippen molar-refractivity contribution in [1.82, 2.24) is 4.90 Å². The zero-order valence-corrected chi connectivity index (χ0v) is 19.2. The lowest BCUT2D eigenvalue weighted by molar-refractivity contribution is -0.139.